The number of halogens is 3. The zero-order valence-electron chi connectivity index (χ0n) is 12.0. The zero-order valence-corrected chi connectivity index (χ0v) is 12.0. The van der Waals surface area contributed by atoms with Gasteiger partial charge in [0.2, 0.25) is 5.91 Å². The van der Waals surface area contributed by atoms with Gasteiger partial charge in [0, 0.05) is 13.1 Å². The molecule has 4 nitrogen and oxygen atoms in total. The van der Waals surface area contributed by atoms with Gasteiger partial charge in [0.1, 0.15) is 0 Å². The van der Waals surface area contributed by atoms with Crippen LogP contribution in [0.1, 0.15) is 17.5 Å². The van der Waals surface area contributed by atoms with Gasteiger partial charge in [0.25, 0.3) is 0 Å². The second kappa shape index (κ2) is 5.62. The lowest BCUT2D eigenvalue weighted by Gasteiger charge is -2.27. The van der Waals surface area contributed by atoms with Crippen LogP contribution < -0.4 is 0 Å². The quantitative estimate of drug-likeness (QED) is 0.932. The van der Waals surface area contributed by atoms with Gasteiger partial charge in [-0.1, -0.05) is 29.8 Å². The lowest BCUT2D eigenvalue weighted by Crippen LogP contribution is -2.47. The molecule has 1 N–H and O–H groups in total. The first-order valence-electron chi connectivity index (χ1n) is 6.79. The minimum absolute atomic E-state index is 0.0339. The van der Waals surface area contributed by atoms with E-state index < -0.39 is 36.4 Å². The van der Waals surface area contributed by atoms with Gasteiger partial charge in [0.15, 0.2) is 5.41 Å². The molecule has 0 aliphatic carbocycles. The Labute approximate surface area is 125 Å². The maximum absolute atomic E-state index is 13.1. The van der Waals surface area contributed by atoms with Crippen LogP contribution in [0.5, 0.6) is 0 Å². The van der Waals surface area contributed by atoms with Gasteiger partial charge in [-0.2, -0.15) is 13.2 Å². The highest BCUT2D eigenvalue weighted by atomic mass is 19.4. The van der Waals surface area contributed by atoms with E-state index in [-0.39, 0.29) is 13.0 Å². The van der Waals surface area contributed by atoms with Crippen molar-refractivity contribution in [2.75, 3.05) is 13.1 Å². The van der Waals surface area contributed by atoms with E-state index in [4.69, 9.17) is 5.11 Å². The van der Waals surface area contributed by atoms with Crippen LogP contribution in [-0.4, -0.2) is 41.1 Å². The summed E-state index contributed by atoms with van der Waals surface area (Å²) in [4.78, 5) is 24.2. The molecule has 1 aromatic carbocycles. The number of carboxylic acid groups (broad SMARTS) is 1. The molecule has 0 radical (unpaired) electrons. The zero-order chi connectivity index (χ0) is 16.5. The molecule has 1 fully saturated rings. The Hall–Kier alpha value is -2.05. The maximum Gasteiger partial charge on any atom is 0.406 e. The molecule has 120 valence electrons. The molecule has 1 aromatic rings. The molecule has 0 bridgehead atoms. The van der Waals surface area contributed by atoms with Crippen LogP contribution in [0.2, 0.25) is 0 Å². The third-order valence-corrected chi connectivity index (χ3v) is 4.05. The molecule has 0 aromatic heterocycles. The van der Waals surface area contributed by atoms with Crippen molar-refractivity contribution in [3.63, 3.8) is 0 Å². The van der Waals surface area contributed by atoms with Crippen LogP contribution in [0.25, 0.3) is 0 Å². The van der Waals surface area contributed by atoms with E-state index in [0.717, 1.165) is 10.5 Å². The summed E-state index contributed by atoms with van der Waals surface area (Å²) in [5.74, 6) is -2.41. The van der Waals surface area contributed by atoms with Crippen LogP contribution in [0.4, 0.5) is 13.2 Å². The van der Waals surface area contributed by atoms with Gasteiger partial charge in [0.05, 0.1) is 6.42 Å². The van der Waals surface area contributed by atoms with E-state index in [1.54, 1.807) is 12.1 Å². The number of hydrogen-bond donors (Lipinski definition) is 1. The smallest absolute Gasteiger partial charge is 0.406 e. The molecule has 1 saturated heterocycles. The molecule has 1 amide bonds. The van der Waals surface area contributed by atoms with Gasteiger partial charge in [-0.3, -0.25) is 9.59 Å². The monoisotopic (exact) mass is 315 g/mol. The normalized spacial score (nSPS) is 21.9. The molecular weight excluding hydrogens is 299 g/mol. The number of likely N-dealkylation sites (tertiary alicyclic amines) is 1. The number of rotatable bonds is 3. The summed E-state index contributed by atoms with van der Waals surface area (Å²) in [6, 6.07) is 7.09. The lowest BCUT2D eigenvalue weighted by atomic mass is 9.86. The van der Waals surface area contributed by atoms with Crippen molar-refractivity contribution in [2.24, 2.45) is 5.41 Å². The van der Waals surface area contributed by atoms with Crippen LogP contribution in [0, 0.1) is 12.3 Å². The summed E-state index contributed by atoms with van der Waals surface area (Å²) >= 11 is 0. The summed E-state index contributed by atoms with van der Waals surface area (Å²) in [5.41, 5.74) is -1.15. The Kier molecular flexibility index (Phi) is 4.17. The van der Waals surface area contributed by atoms with Gasteiger partial charge in [-0.15, -0.1) is 0 Å². The first-order valence-corrected chi connectivity index (χ1v) is 6.79. The fraction of sp³-hybridized carbons (Fsp3) is 0.467. The van der Waals surface area contributed by atoms with Crippen molar-refractivity contribution in [3.05, 3.63) is 35.4 Å². The highest BCUT2D eigenvalue weighted by molar-refractivity contribution is 5.82. The number of hydrogen-bond acceptors (Lipinski definition) is 2. The highest BCUT2D eigenvalue weighted by Gasteiger charge is 2.64. The number of aryl methyl sites for hydroxylation is 1. The molecule has 22 heavy (non-hydrogen) atoms. The topological polar surface area (TPSA) is 57.6 Å². The molecule has 1 unspecified atom stereocenters. The van der Waals surface area contributed by atoms with Gasteiger partial charge >= 0.3 is 12.1 Å². The molecule has 1 atom stereocenters. The second-order valence-corrected chi connectivity index (χ2v) is 5.61. The van der Waals surface area contributed by atoms with Gasteiger partial charge in [-0.05, 0) is 18.9 Å². The summed E-state index contributed by atoms with van der Waals surface area (Å²) in [5, 5.41) is 8.96. The van der Waals surface area contributed by atoms with Gasteiger partial charge < -0.3 is 10.0 Å². The largest absolute Gasteiger partial charge is 0.481 e. The fourth-order valence-corrected chi connectivity index (χ4v) is 2.54. The summed E-state index contributed by atoms with van der Waals surface area (Å²) < 4.78 is 39.2. The van der Waals surface area contributed by atoms with Crippen molar-refractivity contribution in [2.45, 2.75) is 25.9 Å². The third kappa shape index (κ3) is 2.93. The van der Waals surface area contributed by atoms with E-state index >= 15 is 0 Å². The number of amides is 1. The van der Waals surface area contributed by atoms with E-state index in [1.165, 1.54) is 0 Å². The number of alkyl halides is 3. The Morgan fingerprint density at radius 1 is 1.27 bits per heavy atom. The maximum atomic E-state index is 13.1. The minimum Gasteiger partial charge on any atom is -0.481 e. The van der Waals surface area contributed by atoms with Crippen LogP contribution in [0.15, 0.2) is 24.3 Å². The van der Waals surface area contributed by atoms with Crippen molar-refractivity contribution < 1.29 is 27.9 Å². The van der Waals surface area contributed by atoms with Crippen molar-refractivity contribution >= 4 is 11.9 Å². The Morgan fingerprint density at radius 2 is 1.86 bits per heavy atom. The summed E-state index contributed by atoms with van der Waals surface area (Å²) in [7, 11) is 0. The first kappa shape index (κ1) is 16.3. The molecule has 1 heterocycles. The minimum atomic E-state index is -4.88. The number of aliphatic carboxylic acids is 1. The number of carbonyl (C=O) groups is 2. The Bertz CT molecular complexity index is 583. The average Bonchev–Trinajstić information content (AvgIpc) is 2.87. The predicted molar refractivity (Wildman–Crippen MR) is 72.2 cm³/mol. The Morgan fingerprint density at radius 3 is 2.32 bits per heavy atom. The third-order valence-electron chi connectivity index (χ3n) is 4.05. The fourth-order valence-electron chi connectivity index (χ4n) is 2.54. The highest BCUT2D eigenvalue weighted by Crippen LogP contribution is 2.45. The number of carboxylic acids is 1. The second-order valence-electron chi connectivity index (χ2n) is 5.61. The van der Waals surface area contributed by atoms with Crippen molar-refractivity contribution in [1.29, 1.82) is 0 Å². The standard InChI is InChI=1S/C15H16F3NO3/c1-10-2-4-11(5-3-10)8-12(20)19-7-6-14(9-19,13(21)22)15(16,17)18/h2-5H,6-9H2,1H3,(H,21,22). The number of nitrogens with zero attached hydrogens (tertiary/aromatic N) is 1. The van der Waals surface area contributed by atoms with E-state index in [2.05, 4.69) is 0 Å². The van der Waals surface area contributed by atoms with Crippen LogP contribution in [0.3, 0.4) is 0 Å². The van der Waals surface area contributed by atoms with E-state index in [0.29, 0.717) is 5.56 Å². The van der Waals surface area contributed by atoms with E-state index in [1.807, 2.05) is 19.1 Å². The molecule has 1 aliphatic rings. The lowest BCUT2D eigenvalue weighted by molar-refractivity contribution is -0.227. The number of benzene rings is 1. The molecule has 0 saturated carbocycles. The summed E-state index contributed by atoms with van der Waals surface area (Å²) in [6.07, 6.45) is -5.52. The van der Waals surface area contributed by atoms with E-state index in [9.17, 15) is 22.8 Å². The SMILES string of the molecule is Cc1ccc(CC(=O)N2CCC(C(=O)O)(C(F)(F)F)C2)cc1. The number of carbonyl (C=O) groups excluding carboxylic acids is 1. The molecule has 1 aliphatic heterocycles. The molecule has 0 spiro atoms. The average molecular weight is 315 g/mol. The molecule has 7 heteroatoms. The van der Waals surface area contributed by atoms with Crippen molar-refractivity contribution in [1.82, 2.24) is 4.90 Å². The first-order chi connectivity index (χ1) is 10.2. The predicted octanol–water partition coefficient (Wildman–Crippen LogP) is 2.40. The van der Waals surface area contributed by atoms with Crippen LogP contribution >= 0.6 is 0 Å². The molecular formula is C15H16F3NO3. The van der Waals surface area contributed by atoms with Crippen molar-refractivity contribution in [3.8, 4) is 0 Å². The van der Waals surface area contributed by atoms with Gasteiger partial charge in [-0.25, -0.2) is 0 Å². The van der Waals surface area contributed by atoms with Crippen LogP contribution in [-0.2, 0) is 16.0 Å². The summed E-state index contributed by atoms with van der Waals surface area (Å²) in [6.45, 7) is 0.865. The molecule has 2 rings (SSSR count). The Balaban J connectivity index is 2.10.